The first-order chi connectivity index (χ1) is 12.3. The largest absolute Gasteiger partial charge is 0.460 e. The molecule has 1 unspecified atom stereocenters. The van der Waals surface area contributed by atoms with Gasteiger partial charge in [0.15, 0.2) is 0 Å². The van der Waals surface area contributed by atoms with Crippen LogP contribution in [0.15, 0.2) is 43.0 Å². The number of amides is 1. The van der Waals surface area contributed by atoms with Gasteiger partial charge in [-0.1, -0.05) is 39.0 Å². The fourth-order valence-corrected chi connectivity index (χ4v) is 2.42. The molecule has 6 heteroatoms. The molecule has 0 aliphatic rings. The van der Waals surface area contributed by atoms with Gasteiger partial charge in [0.1, 0.15) is 24.3 Å². The molecule has 4 nitrogen and oxygen atoms in total. The summed E-state index contributed by atoms with van der Waals surface area (Å²) in [5.74, 6) is -2.44. The third kappa shape index (κ3) is 8.05. The number of halogens is 2. The van der Waals surface area contributed by atoms with E-state index < -0.39 is 29.6 Å². The molecule has 1 amide bonds. The lowest BCUT2D eigenvalue weighted by atomic mass is 10.0. The summed E-state index contributed by atoms with van der Waals surface area (Å²) < 4.78 is 31.7. The molecule has 0 heterocycles. The molecule has 1 aromatic rings. The maximum Gasteiger partial charge on any atom is 0.329 e. The number of rotatable bonds is 10. The predicted octanol–water partition coefficient (Wildman–Crippen LogP) is 3.71. The highest BCUT2D eigenvalue weighted by Crippen LogP contribution is 2.11. The summed E-state index contributed by atoms with van der Waals surface area (Å²) >= 11 is 0. The first kappa shape index (κ1) is 21.5. The van der Waals surface area contributed by atoms with Crippen molar-refractivity contribution in [1.82, 2.24) is 5.32 Å². The van der Waals surface area contributed by atoms with Crippen molar-refractivity contribution in [3.05, 3.63) is 60.2 Å². The maximum absolute atomic E-state index is 13.4. The van der Waals surface area contributed by atoms with E-state index in [1.807, 2.05) is 13.8 Å². The lowest BCUT2D eigenvalue weighted by Crippen LogP contribution is -2.42. The zero-order valence-electron chi connectivity index (χ0n) is 15.1. The molecule has 0 bridgehead atoms. The van der Waals surface area contributed by atoms with Gasteiger partial charge in [0.05, 0.1) is 0 Å². The van der Waals surface area contributed by atoms with Crippen LogP contribution in [0.3, 0.4) is 0 Å². The van der Waals surface area contributed by atoms with Gasteiger partial charge in [-0.2, -0.15) is 0 Å². The summed E-state index contributed by atoms with van der Waals surface area (Å²) in [6.45, 7) is 7.46. The van der Waals surface area contributed by atoms with Gasteiger partial charge in [-0.05, 0) is 36.1 Å². The van der Waals surface area contributed by atoms with Crippen molar-refractivity contribution in [2.24, 2.45) is 5.92 Å². The van der Waals surface area contributed by atoms with E-state index in [1.54, 1.807) is 6.08 Å². The minimum atomic E-state index is -1.06. The second kappa shape index (κ2) is 11.2. The fraction of sp³-hybridized carbons (Fsp3) is 0.400. The minimum Gasteiger partial charge on any atom is -0.460 e. The molecule has 1 N–H and O–H groups in total. The van der Waals surface area contributed by atoms with Crippen LogP contribution < -0.4 is 5.32 Å². The number of carbonyl (C=O) groups excluding carboxylic acids is 2. The molecule has 0 spiro atoms. The van der Waals surface area contributed by atoms with E-state index in [0.29, 0.717) is 0 Å². The van der Waals surface area contributed by atoms with E-state index in [2.05, 4.69) is 11.9 Å². The zero-order valence-corrected chi connectivity index (χ0v) is 15.1. The highest BCUT2D eigenvalue weighted by atomic mass is 19.1. The topological polar surface area (TPSA) is 55.4 Å². The van der Waals surface area contributed by atoms with Gasteiger partial charge in [0.25, 0.3) is 0 Å². The Balaban J connectivity index is 2.85. The summed E-state index contributed by atoms with van der Waals surface area (Å²) in [4.78, 5) is 24.2. The second-order valence-corrected chi connectivity index (χ2v) is 6.09. The molecule has 0 aliphatic carbocycles. The Morgan fingerprint density at radius 3 is 2.50 bits per heavy atom. The van der Waals surface area contributed by atoms with Crippen LogP contribution in [0, 0.1) is 17.6 Å². The molecule has 0 saturated heterocycles. The Hall–Kier alpha value is -2.50. The molecule has 0 aromatic heterocycles. The summed E-state index contributed by atoms with van der Waals surface area (Å²) in [6.07, 6.45) is 6.36. The first-order valence-corrected chi connectivity index (χ1v) is 8.56. The highest BCUT2D eigenvalue weighted by molar-refractivity contribution is 5.91. The van der Waals surface area contributed by atoms with Crippen molar-refractivity contribution in [3.8, 4) is 0 Å². The Labute approximate surface area is 152 Å². The number of nitrogens with one attached hydrogen (secondary N) is 1. The van der Waals surface area contributed by atoms with Crippen molar-refractivity contribution < 1.29 is 23.1 Å². The Kier molecular flexibility index (Phi) is 9.26. The van der Waals surface area contributed by atoms with Gasteiger partial charge in [-0.15, -0.1) is 0 Å². The summed E-state index contributed by atoms with van der Waals surface area (Å²) in [5.41, 5.74) is 0.242. The van der Waals surface area contributed by atoms with Crippen LogP contribution in [0.1, 0.15) is 32.3 Å². The molecular formula is C20H25F2NO3. The predicted molar refractivity (Wildman–Crippen MR) is 96.4 cm³/mol. The third-order valence-corrected chi connectivity index (χ3v) is 3.63. The number of hydrogen-bond donors (Lipinski definition) is 1. The molecule has 1 rings (SSSR count). The van der Waals surface area contributed by atoms with Crippen molar-refractivity contribution in [2.75, 3.05) is 6.61 Å². The number of carbonyl (C=O) groups is 2. The van der Waals surface area contributed by atoms with E-state index in [0.717, 1.165) is 31.0 Å². The van der Waals surface area contributed by atoms with E-state index in [1.165, 1.54) is 12.2 Å². The van der Waals surface area contributed by atoms with E-state index in [9.17, 15) is 18.4 Å². The lowest BCUT2D eigenvalue weighted by molar-refractivity contribution is -0.146. The van der Waals surface area contributed by atoms with Gasteiger partial charge in [0.2, 0.25) is 5.91 Å². The summed E-state index contributed by atoms with van der Waals surface area (Å²) in [5, 5.41) is 2.53. The third-order valence-electron chi connectivity index (χ3n) is 3.63. The second-order valence-electron chi connectivity index (χ2n) is 6.09. The van der Waals surface area contributed by atoms with Gasteiger partial charge in [-0.25, -0.2) is 13.6 Å². The molecule has 0 radical (unpaired) electrons. The number of esters is 1. The lowest BCUT2D eigenvalue weighted by Gasteiger charge is -2.17. The molecule has 2 atom stereocenters. The molecule has 0 aliphatic heterocycles. The average Bonchev–Trinajstić information content (AvgIpc) is 2.56. The number of hydrogen-bond acceptors (Lipinski definition) is 3. The van der Waals surface area contributed by atoms with Crippen molar-refractivity contribution >= 4 is 11.9 Å². The van der Waals surface area contributed by atoms with Gasteiger partial charge in [0, 0.05) is 12.5 Å². The normalized spacial score (nSPS) is 13.2. The van der Waals surface area contributed by atoms with Crippen LogP contribution >= 0.6 is 0 Å². The molecule has 1 aromatic carbocycles. The number of allylic oxidation sites excluding steroid dienone is 1. The van der Waals surface area contributed by atoms with Crippen molar-refractivity contribution in [3.63, 3.8) is 0 Å². The van der Waals surface area contributed by atoms with Crippen molar-refractivity contribution in [2.45, 2.75) is 39.2 Å². The van der Waals surface area contributed by atoms with Gasteiger partial charge < -0.3 is 10.1 Å². The number of benzene rings is 1. The van der Waals surface area contributed by atoms with Crippen LogP contribution in [0.2, 0.25) is 0 Å². The SMILES string of the molecule is C=CCOC(=O)[C@H](Cc1cc(F)cc(F)c1)NC(=O)/C=C/C(C)CCC. The Morgan fingerprint density at radius 1 is 1.27 bits per heavy atom. The van der Waals surface area contributed by atoms with Crippen molar-refractivity contribution in [1.29, 1.82) is 0 Å². The van der Waals surface area contributed by atoms with Crippen LogP contribution in [0.4, 0.5) is 8.78 Å². The standard InChI is InChI=1S/C20H25F2NO3/c1-4-6-14(3)7-8-19(24)23-18(20(25)26-9-5-2)12-15-10-16(21)13-17(22)11-15/h5,7-8,10-11,13-14,18H,2,4,6,9,12H2,1,3H3,(H,23,24)/b8-7+/t14?,18-/m0/s1. The fourth-order valence-electron chi connectivity index (χ4n) is 2.42. The Bertz CT molecular complexity index is 638. The van der Waals surface area contributed by atoms with Crippen LogP contribution in [0.5, 0.6) is 0 Å². The van der Waals surface area contributed by atoms with E-state index in [4.69, 9.17) is 4.74 Å². The first-order valence-electron chi connectivity index (χ1n) is 8.56. The smallest absolute Gasteiger partial charge is 0.329 e. The molecule has 26 heavy (non-hydrogen) atoms. The van der Waals surface area contributed by atoms with Crippen LogP contribution in [0.25, 0.3) is 0 Å². The highest BCUT2D eigenvalue weighted by Gasteiger charge is 2.22. The zero-order chi connectivity index (χ0) is 19.5. The van der Waals surface area contributed by atoms with Crippen LogP contribution in [-0.2, 0) is 20.7 Å². The van der Waals surface area contributed by atoms with E-state index in [-0.39, 0.29) is 24.5 Å². The van der Waals surface area contributed by atoms with E-state index >= 15 is 0 Å². The molecular weight excluding hydrogens is 340 g/mol. The van der Waals surface area contributed by atoms with Crippen LogP contribution in [-0.4, -0.2) is 24.5 Å². The minimum absolute atomic E-state index is 0.0217. The average molecular weight is 365 g/mol. The Morgan fingerprint density at radius 2 is 1.92 bits per heavy atom. The summed E-state index contributed by atoms with van der Waals surface area (Å²) in [7, 11) is 0. The quantitative estimate of drug-likeness (QED) is 0.391. The monoisotopic (exact) mass is 365 g/mol. The number of ether oxygens (including phenoxy) is 1. The maximum atomic E-state index is 13.4. The molecule has 0 fully saturated rings. The summed E-state index contributed by atoms with van der Waals surface area (Å²) in [6, 6.07) is 1.91. The van der Waals surface area contributed by atoms with Gasteiger partial charge in [-0.3, -0.25) is 4.79 Å². The van der Waals surface area contributed by atoms with Gasteiger partial charge >= 0.3 is 5.97 Å². The molecule has 142 valence electrons. The molecule has 0 saturated carbocycles.